The molecule has 2 N–H and O–H groups in total. The van der Waals surface area contributed by atoms with E-state index in [4.69, 9.17) is 0 Å². The van der Waals surface area contributed by atoms with Crippen LogP contribution in [0.15, 0.2) is 42.6 Å². The van der Waals surface area contributed by atoms with Gasteiger partial charge >= 0.3 is 0 Å². The van der Waals surface area contributed by atoms with Crippen molar-refractivity contribution in [2.75, 3.05) is 11.9 Å². The number of benzene rings is 1. The Morgan fingerprint density at radius 3 is 2.68 bits per heavy atom. The van der Waals surface area contributed by atoms with E-state index < -0.39 is 0 Å². The highest BCUT2D eigenvalue weighted by Gasteiger charge is 2.09. The van der Waals surface area contributed by atoms with Gasteiger partial charge in [-0.1, -0.05) is 30.3 Å². The van der Waals surface area contributed by atoms with E-state index >= 15 is 0 Å². The number of carbonyl (C=O) groups excluding carboxylic acids is 1. The summed E-state index contributed by atoms with van der Waals surface area (Å²) in [5.41, 5.74) is 1.70. The van der Waals surface area contributed by atoms with Gasteiger partial charge in [0, 0.05) is 18.8 Å². The van der Waals surface area contributed by atoms with Gasteiger partial charge in [0.05, 0.1) is 0 Å². The van der Waals surface area contributed by atoms with E-state index in [2.05, 4.69) is 32.7 Å². The lowest BCUT2D eigenvalue weighted by Crippen LogP contribution is -2.31. The Hall–Kier alpha value is -2.43. The van der Waals surface area contributed by atoms with Gasteiger partial charge in [0.25, 0.3) is 5.91 Å². The Kier molecular flexibility index (Phi) is 5.89. The third kappa shape index (κ3) is 5.16. The Bertz CT molecular complexity index is 599. The maximum atomic E-state index is 11.9. The molecule has 116 valence electrons. The number of aryl methyl sites for hydroxylation is 1. The summed E-state index contributed by atoms with van der Waals surface area (Å²) in [6.45, 7) is 4.60. The maximum absolute atomic E-state index is 11.9. The molecule has 0 atom stereocenters. The monoisotopic (exact) mass is 298 g/mol. The molecule has 22 heavy (non-hydrogen) atoms. The molecule has 0 fully saturated rings. The number of rotatable bonds is 7. The summed E-state index contributed by atoms with van der Waals surface area (Å²) in [6, 6.07) is 12.0. The molecular weight excluding hydrogens is 276 g/mol. The number of anilines is 1. The number of aromatic nitrogens is 2. The van der Waals surface area contributed by atoms with E-state index in [0.29, 0.717) is 11.6 Å². The molecule has 0 aliphatic rings. The number of nitrogens with zero attached hydrogens (tertiary/aromatic N) is 2. The first kappa shape index (κ1) is 15.9. The third-order valence-corrected chi connectivity index (χ3v) is 3.08. The zero-order valence-corrected chi connectivity index (χ0v) is 13.0. The largest absolute Gasteiger partial charge is 0.354 e. The van der Waals surface area contributed by atoms with Crippen molar-refractivity contribution >= 4 is 11.9 Å². The van der Waals surface area contributed by atoms with Gasteiger partial charge in [-0.25, -0.2) is 9.97 Å². The highest BCUT2D eigenvalue weighted by Crippen LogP contribution is 2.04. The Labute approximate surface area is 131 Å². The first-order valence-corrected chi connectivity index (χ1v) is 7.57. The number of nitrogens with one attached hydrogen (secondary N) is 2. The van der Waals surface area contributed by atoms with E-state index in [1.54, 1.807) is 12.3 Å². The fraction of sp³-hybridized carbons (Fsp3) is 0.353. The van der Waals surface area contributed by atoms with Crippen molar-refractivity contribution in [2.45, 2.75) is 32.7 Å². The number of amides is 1. The first-order valence-electron chi connectivity index (χ1n) is 7.57. The highest BCUT2D eigenvalue weighted by atomic mass is 16.1. The zero-order chi connectivity index (χ0) is 15.8. The molecule has 1 heterocycles. The van der Waals surface area contributed by atoms with E-state index in [-0.39, 0.29) is 11.9 Å². The van der Waals surface area contributed by atoms with Gasteiger partial charge in [-0.2, -0.15) is 0 Å². The lowest BCUT2D eigenvalue weighted by Gasteiger charge is -2.09. The second-order valence-corrected chi connectivity index (χ2v) is 5.41. The van der Waals surface area contributed by atoms with Crippen molar-refractivity contribution in [3.8, 4) is 0 Å². The summed E-state index contributed by atoms with van der Waals surface area (Å²) in [4.78, 5) is 20.3. The van der Waals surface area contributed by atoms with E-state index in [9.17, 15) is 4.79 Å². The molecule has 0 spiro atoms. The van der Waals surface area contributed by atoms with E-state index in [1.807, 2.05) is 32.0 Å². The van der Waals surface area contributed by atoms with Gasteiger partial charge in [0.15, 0.2) is 0 Å². The van der Waals surface area contributed by atoms with Gasteiger partial charge in [-0.3, -0.25) is 4.79 Å². The first-order chi connectivity index (χ1) is 10.6. The van der Waals surface area contributed by atoms with Crippen molar-refractivity contribution in [3.63, 3.8) is 0 Å². The van der Waals surface area contributed by atoms with Crippen LogP contribution >= 0.6 is 0 Å². The van der Waals surface area contributed by atoms with E-state index in [0.717, 1.165) is 19.4 Å². The molecule has 5 heteroatoms. The van der Waals surface area contributed by atoms with Crippen LogP contribution in [0, 0.1) is 0 Å². The van der Waals surface area contributed by atoms with Crippen LogP contribution < -0.4 is 10.6 Å². The zero-order valence-electron chi connectivity index (χ0n) is 13.0. The van der Waals surface area contributed by atoms with Crippen molar-refractivity contribution < 1.29 is 4.79 Å². The SMILES string of the molecule is CC(C)NC(=O)c1ccnc(NCCCc2ccccc2)n1. The van der Waals surface area contributed by atoms with E-state index in [1.165, 1.54) is 5.56 Å². The second-order valence-electron chi connectivity index (χ2n) is 5.41. The number of carbonyl (C=O) groups is 1. The maximum Gasteiger partial charge on any atom is 0.270 e. The fourth-order valence-electron chi connectivity index (χ4n) is 2.04. The van der Waals surface area contributed by atoms with Crippen molar-refractivity contribution in [1.29, 1.82) is 0 Å². The summed E-state index contributed by atoms with van der Waals surface area (Å²) in [7, 11) is 0. The molecule has 0 aliphatic heterocycles. The van der Waals surface area contributed by atoms with Crippen molar-refractivity contribution in [2.24, 2.45) is 0 Å². The van der Waals surface area contributed by atoms with Crippen LogP contribution in [0.5, 0.6) is 0 Å². The second kappa shape index (κ2) is 8.12. The summed E-state index contributed by atoms with van der Waals surface area (Å²) < 4.78 is 0. The minimum Gasteiger partial charge on any atom is -0.354 e. The number of hydrogen-bond donors (Lipinski definition) is 2. The predicted molar refractivity (Wildman–Crippen MR) is 87.9 cm³/mol. The Balaban J connectivity index is 1.82. The Morgan fingerprint density at radius 2 is 1.95 bits per heavy atom. The van der Waals surface area contributed by atoms with Crippen LogP contribution in [0.4, 0.5) is 5.95 Å². The molecule has 0 saturated heterocycles. The molecule has 0 aliphatic carbocycles. The summed E-state index contributed by atoms with van der Waals surface area (Å²) in [5, 5.41) is 5.98. The van der Waals surface area contributed by atoms with Crippen LogP contribution in [0.3, 0.4) is 0 Å². The van der Waals surface area contributed by atoms with Gasteiger partial charge < -0.3 is 10.6 Å². The van der Waals surface area contributed by atoms with Crippen LogP contribution in [-0.2, 0) is 6.42 Å². The molecule has 1 amide bonds. The highest BCUT2D eigenvalue weighted by molar-refractivity contribution is 5.92. The fourth-order valence-corrected chi connectivity index (χ4v) is 2.04. The minimum atomic E-state index is -0.176. The predicted octanol–water partition coefficient (Wildman–Crippen LogP) is 2.66. The molecule has 1 aromatic carbocycles. The molecule has 0 radical (unpaired) electrons. The van der Waals surface area contributed by atoms with Gasteiger partial charge in [-0.15, -0.1) is 0 Å². The summed E-state index contributed by atoms with van der Waals surface area (Å²) >= 11 is 0. The Morgan fingerprint density at radius 1 is 1.18 bits per heavy atom. The molecular formula is C17H22N4O. The molecule has 1 aromatic heterocycles. The standard InChI is InChI=1S/C17H22N4O/c1-13(2)20-16(22)15-10-12-19-17(21-15)18-11-6-9-14-7-4-3-5-8-14/h3-5,7-8,10,12-13H,6,9,11H2,1-2H3,(H,20,22)(H,18,19,21). The van der Waals surface area contributed by atoms with Crippen molar-refractivity contribution in [3.05, 3.63) is 53.9 Å². The third-order valence-electron chi connectivity index (χ3n) is 3.08. The minimum absolute atomic E-state index is 0.0877. The molecule has 2 aromatic rings. The summed E-state index contributed by atoms with van der Waals surface area (Å²) in [6.07, 6.45) is 3.58. The number of hydrogen-bond acceptors (Lipinski definition) is 4. The quantitative estimate of drug-likeness (QED) is 0.771. The topological polar surface area (TPSA) is 66.9 Å². The van der Waals surface area contributed by atoms with Gasteiger partial charge in [0.1, 0.15) is 5.69 Å². The lowest BCUT2D eigenvalue weighted by molar-refractivity contribution is 0.0938. The van der Waals surface area contributed by atoms with Crippen molar-refractivity contribution in [1.82, 2.24) is 15.3 Å². The van der Waals surface area contributed by atoms with Crippen LogP contribution in [-0.4, -0.2) is 28.5 Å². The van der Waals surface area contributed by atoms with Gasteiger partial charge in [0.2, 0.25) is 5.95 Å². The molecule has 0 saturated carbocycles. The smallest absolute Gasteiger partial charge is 0.270 e. The normalized spacial score (nSPS) is 10.5. The summed E-state index contributed by atoms with van der Waals surface area (Å²) in [5.74, 6) is 0.314. The lowest BCUT2D eigenvalue weighted by atomic mass is 10.1. The van der Waals surface area contributed by atoms with Gasteiger partial charge in [-0.05, 0) is 38.3 Å². The average Bonchev–Trinajstić information content (AvgIpc) is 2.52. The van der Waals surface area contributed by atoms with Crippen LogP contribution in [0.2, 0.25) is 0 Å². The molecule has 0 bridgehead atoms. The van der Waals surface area contributed by atoms with Crippen LogP contribution in [0.1, 0.15) is 36.3 Å². The average molecular weight is 298 g/mol. The molecule has 5 nitrogen and oxygen atoms in total. The molecule has 2 rings (SSSR count). The van der Waals surface area contributed by atoms with Crippen LogP contribution in [0.25, 0.3) is 0 Å². The molecule has 0 unspecified atom stereocenters.